The van der Waals surface area contributed by atoms with Gasteiger partial charge in [0.2, 0.25) is 5.88 Å². The fraction of sp³-hybridized carbons (Fsp3) is 0.0769. The van der Waals surface area contributed by atoms with Gasteiger partial charge in [-0.15, -0.1) is 0 Å². The van der Waals surface area contributed by atoms with Crippen molar-refractivity contribution in [3.05, 3.63) is 46.7 Å². The number of nitrogens with zero attached hydrogens (tertiary/aromatic N) is 1. The summed E-state index contributed by atoms with van der Waals surface area (Å²) in [6, 6.07) is 6.44. The average molecular weight is 282 g/mol. The number of halogens is 2. The predicted octanol–water partition coefficient (Wildman–Crippen LogP) is 3.25. The van der Waals surface area contributed by atoms with E-state index in [-0.39, 0.29) is 16.5 Å². The number of carbonyl (C=O) groups is 1. The zero-order valence-electron chi connectivity index (χ0n) is 9.85. The molecule has 1 N–H and O–H groups in total. The molecule has 0 amide bonds. The fourth-order valence-electron chi connectivity index (χ4n) is 1.57. The molecule has 0 radical (unpaired) electrons. The Labute approximate surface area is 113 Å². The quantitative estimate of drug-likeness (QED) is 0.938. The molecule has 0 bridgehead atoms. The summed E-state index contributed by atoms with van der Waals surface area (Å²) in [6.45, 7) is 0. The number of aromatic nitrogens is 1. The summed E-state index contributed by atoms with van der Waals surface area (Å²) in [4.78, 5) is 15.1. The highest BCUT2D eigenvalue weighted by atomic mass is 35.5. The van der Waals surface area contributed by atoms with Crippen molar-refractivity contribution in [2.24, 2.45) is 0 Å². The van der Waals surface area contributed by atoms with E-state index in [1.54, 1.807) is 0 Å². The highest BCUT2D eigenvalue weighted by Crippen LogP contribution is 2.29. The smallest absolute Gasteiger partial charge is 0.335 e. The lowest BCUT2D eigenvalue weighted by molar-refractivity contribution is 0.0696. The van der Waals surface area contributed by atoms with E-state index in [0.29, 0.717) is 11.3 Å². The molecule has 2 rings (SSSR count). The normalized spacial score (nSPS) is 10.3. The van der Waals surface area contributed by atoms with Crippen molar-refractivity contribution in [3.63, 3.8) is 0 Å². The predicted molar refractivity (Wildman–Crippen MR) is 68.2 cm³/mol. The van der Waals surface area contributed by atoms with Crippen LogP contribution in [0.3, 0.4) is 0 Å². The summed E-state index contributed by atoms with van der Waals surface area (Å²) in [7, 11) is 1.38. The molecule has 0 atom stereocenters. The number of hydrogen-bond acceptors (Lipinski definition) is 3. The van der Waals surface area contributed by atoms with Crippen LogP contribution < -0.4 is 4.74 Å². The maximum atomic E-state index is 13.0. The van der Waals surface area contributed by atoms with Gasteiger partial charge in [-0.1, -0.05) is 11.6 Å². The minimum atomic E-state index is -1.11. The molecule has 98 valence electrons. The van der Waals surface area contributed by atoms with E-state index in [4.69, 9.17) is 21.4 Å². The Bertz CT molecular complexity index is 646. The van der Waals surface area contributed by atoms with Gasteiger partial charge in [0, 0.05) is 11.6 Å². The zero-order chi connectivity index (χ0) is 14.0. The molecular formula is C13H9ClFNO3. The van der Waals surface area contributed by atoms with Crippen LogP contribution in [0.5, 0.6) is 5.88 Å². The summed E-state index contributed by atoms with van der Waals surface area (Å²) < 4.78 is 17.9. The first kappa shape index (κ1) is 13.3. The Morgan fingerprint density at radius 2 is 2.11 bits per heavy atom. The molecular weight excluding hydrogens is 273 g/mol. The molecule has 2 aromatic rings. The second-order valence-corrected chi connectivity index (χ2v) is 4.12. The summed E-state index contributed by atoms with van der Waals surface area (Å²) in [5.74, 6) is -1.44. The summed E-state index contributed by atoms with van der Waals surface area (Å²) >= 11 is 5.92. The number of hydrogen-bond donors (Lipinski definition) is 1. The van der Waals surface area contributed by atoms with Crippen LogP contribution in [0.1, 0.15) is 10.4 Å². The number of carboxylic acids is 1. The molecule has 0 aliphatic rings. The molecule has 6 heteroatoms. The van der Waals surface area contributed by atoms with Crippen LogP contribution in [-0.2, 0) is 0 Å². The van der Waals surface area contributed by atoms with Crippen LogP contribution in [-0.4, -0.2) is 23.2 Å². The van der Waals surface area contributed by atoms with E-state index in [2.05, 4.69) is 4.98 Å². The van der Waals surface area contributed by atoms with E-state index < -0.39 is 11.8 Å². The van der Waals surface area contributed by atoms with E-state index in [1.807, 2.05) is 0 Å². The number of aromatic carboxylic acids is 1. The van der Waals surface area contributed by atoms with Crippen molar-refractivity contribution in [2.45, 2.75) is 0 Å². The summed E-state index contributed by atoms with van der Waals surface area (Å²) in [6.07, 6.45) is 0. The van der Waals surface area contributed by atoms with Gasteiger partial charge in [0.25, 0.3) is 0 Å². The number of methoxy groups -OCH3 is 1. The van der Waals surface area contributed by atoms with Gasteiger partial charge in [-0.3, -0.25) is 0 Å². The Kier molecular flexibility index (Phi) is 3.66. The van der Waals surface area contributed by atoms with Gasteiger partial charge in [-0.2, -0.15) is 0 Å². The van der Waals surface area contributed by atoms with Gasteiger partial charge in [-0.05, 0) is 24.3 Å². The van der Waals surface area contributed by atoms with Gasteiger partial charge >= 0.3 is 5.97 Å². The lowest BCUT2D eigenvalue weighted by Crippen LogP contribution is -2.00. The third kappa shape index (κ3) is 2.82. The maximum absolute atomic E-state index is 13.0. The second kappa shape index (κ2) is 5.24. The van der Waals surface area contributed by atoms with Crippen molar-refractivity contribution < 1.29 is 19.0 Å². The largest absolute Gasteiger partial charge is 0.481 e. The maximum Gasteiger partial charge on any atom is 0.335 e. The molecule has 0 unspecified atom stereocenters. The molecule has 0 aliphatic carbocycles. The molecule has 0 aliphatic heterocycles. The minimum absolute atomic E-state index is 0.0160. The SMILES string of the molecule is COc1cc(C(=O)O)cc(-c2ccc(F)cc2Cl)n1. The minimum Gasteiger partial charge on any atom is -0.481 e. The van der Waals surface area contributed by atoms with E-state index >= 15 is 0 Å². The van der Waals surface area contributed by atoms with Gasteiger partial charge in [0.05, 0.1) is 23.4 Å². The standard InChI is InChI=1S/C13H9ClFNO3/c1-19-12-5-7(13(17)18)4-11(16-12)9-3-2-8(15)6-10(9)14/h2-6H,1H3,(H,17,18). The van der Waals surface area contributed by atoms with Crippen LogP contribution in [0.4, 0.5) is 4.39 Å². The molecule has 0 spiro atoms. The van der Waals surface area contributed by atoms with Crippen molar-refractivity contribution in [2.75, 3.05) is 7.11 Å². The molecule has 19 heavy (non-hydrogen) atoms. The first-order valence-corrected chi connectivity index (χ1v) is 5.64. The van der Waals surface area contributed by atoms with Gasteiger partial charge < -0.3 is 9.84 Å². The van der Waals surface area contributed by atoms with E-state index in [1.165, 1.54) is 31.4 Å². The van der Waals surface area contributed by atoms with Gasteiger partial charge in [-0.25, -0.2) is 14.2 Å². The third-order valence-corrected chi connectivity index (χ3v) is 2.78. The highest BCUT2D eigenvalue weighted by molar-refractivity contribution is 6.33. The Balaban J connectivity index is 2.60. The highest BCUT2D eigenvalue weighted by Gasteiger charge is 2.12. The van der Waals surface area contributed by atoms with Crippen molar-refractivity contribution >= 4 is 17.6 Å². The lowest BCUT2D eigenvalue weighted by atomic mass is 10.1. The summed E-state index contributed by atoms with van der Waals surface area (Å²) in [5.41, 5.74) is 0.758. The zero-order valence-corrected chi connectivity index (χ0v) is 10.6. The first-order chi connectivity index (χ1) is 9.01. The topological polar surface area (TPSA) is 59.4 Å². The average Bonchev–Trinajstić information content (AvgIpc) is 2.38. The number of pyridine rings is 1. The van der Waals surface area contributed by atoms with Crippen molar-refractivity contribution in [1.82, 2.24) is 4.98 Å². The number of ether oxygens (including phenoxy) is 1. The van der Waals surface area contributed by atoms with Crippen LogP contribution in [0.25, 0.3) is 11.3 Å². The van der Waals surface area contributed by atoms with Crippen molar-refractivity contribution in [1.29, 1.82) is 0 Å². The van der Waals surface area contributed by atoms with Gasteiger partial charge in [0.1, 0.15) is 5.82 Å². The van der Waals surface area contributed by atoms with E-state index in [9.17, 15) is 9.18 Å². The summed E-state index contributed by atoms with van der Waals surface area (Å²) in [5, 5.41) is 9.16. The van der Waals surface area contributed by atoms with Crippen LogP contribution in [0.15, 0.2) is 30.3 Å². The molecule has 1 aromatic carbocycles. The Morgan fingerprint density at radius 1 is 1.37 bits per heavy atom. The monoisotopic (exact) mass is 281 g/mol. The fourth-order valence-corrected chi connectivity index (χ4v) is 1.83. The molecule has 0 saturated heterocycles. The Hall–Kier alpha value is -2.14. The van der Waals surface area contributed by atoms with Gasteiger partial charge in [0.15, 0.2) is 0 Å². The Morgan fingerprint density at radius 3 is 2.68 bits per heavy atom. The van der Waals surface area contributed by atoms with Crippen molar-refractivity contribution in [3.8, 4) is 17.1 Å². The third-order valence-electron chi connectivity index (χ3n) is 2.47. The first-order valence-electron chi connectivity index (χ1n) is 5.26. The van der Waals surface area contributed by atoms with Crippen LogP contribution in [0, 0.1) is 5.82 Å². The molecule has 0 fully saturated rings. The number of carboxylic acid groups (broad SMARTS) is 1. The second-order valence-electron chi connectivity index (χ2n) is 3.71. The lowest BCUT2D eigenvalue weighted by Gasteiger charge is -2.07. The molecule has 1 aromatic heterocycles. The van der Waals surface area contributed by atoms with Crippen LogP contribution >= 0.6 is 11.6 Å². The number of rotatable bonds is 3. The van der Waals surface area contributed by atoms with Crippen LogP contribution in [0.2, 0.25) is 5.02 Å². The van der Waals surface area contributed by atoms with E-state index in [0.717, 1.165) is 6.07 Å². The number of benzene rings is 1. The molecule has 1 heterocycles. The molecule has 0 saturated carbocycles. The molecule has 4 nitrogen and oxygen atoms in total.